The summed E-state index contributed by atoms with van der Waals surface area (Å²) in [4.78, 5) is 12.2. The van der Waals surface area contributed by atoms with Gasteiger partial charge in [0.15, 0.2) is 0 Å². The first-order chi connectivity index (χ1) is 8.59. The van der Waals surface area contributed by atoms with Crippen LogP contribution in [0.1, 0.15) is 41.6 Å². The van der Waals surface area contributed by atoms with E-state index in [4.69, 9.17) is 0 Å². The highest BCUT2D eigenvalue weighted by molar-refractivity contribution is 14.1. The summed E-state index contributed by atoms with van der Waals surface area (Å²) in [6.07, 6.45) is 3.39. The second-order valence-electron chi connectivity index (χ2n) is 4.87. The van der Waals surface area contributed by atoms with E-state index < -0.39 is 6.10 Å². The molecule has 18 heavy (non-hydrogen) atoms. The number of halogens is 1. The van der Waals surface area contributed by atoms with Crippen LogP contribution in [0.2, 0.25) is 0 Å². The first kappa shape index (κ1) is 13.8. The summed E-state index contributed by atoms with van der Waals surface area (Å²) in [7, 11) is 0. The van der Waals surface area contributed by atoms with E-state index in [1.54, 1.807) is 0 Å². The minimum Gasteiger partial charge on any atom is -0.391 e. The molecule has 1 aromatic rings. The second-order valence-corrected chi connectivity index (χ2v) is 5.95. The number of amides is 1. The van der Waals surface area contributed by atoms with Crippen LogP contribution >= 0.6 is 22.6 Å². The molecule has 0 saturated heterocycles. The maximum Gasteiger partial charge on any atom is 0.252 e. The summed E-state index contributed by atoms with van der Waals surface area (Å²) in [5.41, 5.74) is 1.81. The zero-order chi connectivity index (χ0) is 13.1. The lowest BCUT2D eigenvalue weighted by molar-refractivity contribution is 0.0716. The Labute approximate surface area is 121 Å². The van der Waals surface area contributed by atoms with Crippen molar-refractivity contribution in [2.45, 2.75) is 44.8 Å². The second kappa shape index (κ2) is 6.02. The third kappa shape index (κ3) is 3.03. The minimum atomic E-state index is -0.398. The molecule has 0 spiro atoms. The quantitative estimate of drug-likeness (QED) is 0.798. The van der Waals surface area contributed by atoms with Crippen molar-refractivity contribution >= 4 is 28.5 Å². The zero-order valence-electron chi connectivity index (χ0n) is 10.4. The van der Waals surface area contributed by atoms with Crippen molar-refractivity contribution in [2.24, 2.45) is 0 Å². The van der Waals surface area contributed by atoms with Gasteiger partial charge in [0.25, 0.3) is 5.91 Å². The molecule has 1 fully saturated rings. The first-order valence-corrected chi connectivity index (χ1v) is 7.41. The molecule has 0 unspecified atom stereocenters. The lowest BCUT2D eigenvalue weighted by Crippen LogP contribution is -2.45. The van der Waals surface area contributed by atoms with Crippen LogP contribution in [-0.4, -0.2) is 23.2 Å². The summed E-state index contributed by atoms with van der Waals surface area (Å²) in [5.74, 6) is -0.0750. The van der Waals surface area contributed by atoms with Crippen LogP contribution < -0.4 is 5.32 Å². The Morgan fingerprint density at radius 1 is 1.39 bits per heavy atom. The number of benzene rings is 1. The first-order valence-electron chi connectivity index (χ1n) is 6.33. The standard InChI is InChI=1S/C14H18INO2/c1-9-5-4-6-10(13(9)15)14(18)16-11-7-2-3-8-12(11)17/h4-6,11-12,17H,2-3,7-8H2,1H3,(H,16,18)/t11-,12-/m1/s1. The van der Waals surface area contributed by atoms with Crippen LogP contribution in [0.3, 0.4) is 0 Å². The molecule has 0 aromatic heterocycles. The molecule has 4 heteroatoms. The molecule has 1 aliphatic carbocycles. The molecule has 0 heterocycles. The molecule has 0 bridgehead atoms. The maximum atomic E-state index is 12.2. The van der Waals surface area contributed by atoms with Gasteiger partial charge < -0.3 is 10.4 Å². The van der Waals surface area contributed by atoms with Crippen molar-refractivity contribution in [3.05, 3.63) is 32.9 Å². The van der Waals surface area contributed by atoms with Gasteiger partial charge in [0, 0.05) is 3.57 Å². The van der Waals surface area contributed by atoms with Gasteiger partial charge in [0.2, 0.25) is 0 Å². The third-order valence-electron chi connectivity index (χ3n) is 3.48. The fourth-order valence-electron chi connectivity index (χ4n) is 2.35. The number of hydrogen-bond donors (Lipinski definition) is 2. The molecule has 1 aromatic carbocycles. The highest BCUT2D eigenvalue weighted by Crippen LogP contribution is 2.20. The molecule has 98 valence electrons. The van der Waals surface area contributed by atoms with Crippen LogP contribution in [0, 0.1) is 10.5 Å². The van der Waals surface area contributed by atoms with E-state index in [0.29, 0.717) is 5.56 Å². The lowest BCUT2D eigenvalue weighted by Gasteiger charge is -2.28. The number of carbonyl (C=O) groups is 1. The highest BCUT2D eigenvalue weighted by Gasteiger charge is 2.25. The van der Waals surface area contributed by atoms with Crippen molar-refractivity contribution < 1.29 is 9.90 Å². The van der Waals surface area contributed by atoms with Gasteiger partial charge in [-0.25, -0.2) is 0 Å². The number of carbonyl (C=O) groups excluding carboxylic acids is 1. The molecule has 1 saturated carbocycles. The van der Waals surface area contributed by atoms with Crippen LogP contribution in [0.5, 0.6) is 0 Å². The van der Waals surface area contributed by atoms with E-state index in [1.807, 2.05) is 25.1 Å². The molecule has 0 radical (unpaired) electrons. The summed E-state index contributed by atoms with van der Waals surface area (Å²) >= 11 is 2.20. The van der Waals surface area contributed by atoms with Crippen molar-refractivity contribution in [1.82, 2.24) is 5.32 Å². The molecule has 0 aliphatic heterocycles. The van der Waals surface area contributed by atoms with Crippen LogP contribution in [0.25, 0.3) is 0 Å². The highest BCUT2D eigenvalue weighted by atomic mass is 127. The van der Waals surface area contributed by atoms with E-state index in [0.717, 1.165) is 34.8 Å². The van der Waals surface area contributed by atoms with Gasteiger partial charge in [-0.3, -0.25) is 4.79 Å². The Kier molecular flexibility index (Phi) is 4.61. The van der Waals surface area contributed by atoms with E-state index in [2.05, 4.69) is 27.9 Å². The van der Waals surface area contributed by atoms with Crippen LogP contribution in [-0.2, 0) is 0 Å². The van der Waals surface area contributed by atoms with E-state index in [-0.39, 0.29) is 11.9 Å². The van der Waals surface area contributed by atoms with Crippen molar-refractivity contribution in [2.75, 3.05) is 0 Å². The number of hydrogen-bond acceptors (Lipinski definition) is 2. The fourth-order valence-corrected chi connectivity index (χ4v) is 2.95. The summed E-state index contributed by atoms with van der Waals surface area (Å²) in [5, 5.41) is 12.8. The molecule has 1 aliphatic rings. The SMILES string of the molecule is Cc1cccc(C(=O)N[C@@H]2CCCC[C@H]2O)c1I. The number of aliphatic hydroxyl groups excluding tert-OH is 1. The predicted octanol–water partition coefficient (Wildman–Crippen LogP) is 2.63. The average molecular weight is 359 g/mol. The van der Waals surface area contributed by atoms with Gasteiger partial charge >= 0.3 is 0 Å². The van der Waals surface area contributed by atoms with E-state index in [1.165, 1.54) is 0 Å². The monoisotopic (exact) mass is 359 g/mol. The topological polar surface area (TPSA) is 49.3 Å². The number of nitrogens with one attached hydrogen (secondary N) is 1. The van der Waals surface area contributed by atoms with Crippen molar-refractivity contribution in [3.63, 3.8) is 0 Å². The Balaban J connectivity index is 2.09. The van der Waals surface area contributed by atoms with Gasteiger partial charge in [-0.1, -0.05) is 25.0 Å². The molecular weight excluding hydrogens is 341 g/mol. The zero-order valence-corrected chi connectivity index (χ0v) is 12.6. The van der Waals surface area contributed by atoms with Gasteiger partial charge in [0.1, 0.15) is 0 Å². The predicted molar refractivity (Wildman–Crippen MR) is 79.6 cm³/mol. The van der Waals surface area contributed by atoms with Gasteiger partial charge in [-0.15, -0.1) is 0 Å². The van der Waals surface area contributed by atoms with Crippen molar-refractivity contribution in [1.29, 1.82) is 0 Å². The third-order valence-corrected chi connectivity index (χ3v) is 4.91. The van der Waals surface area contributed by atoms with Gasteiger partial charge in [-0.2, -0.15) is 0 Å². The maximum absolute atomic E-state index is 12.2. The van der Waals surface area contributed by atoms with Gasteiger partial charge in [0.05, 0.1) is 17.7 Å². The fraction of sp³-hybridized carbons (Fsp3) is 0.500. The summed E-state index contributed by atoms with van der Waals surface area (Å²) in [6, 6.07) is 5.62. The molecule has 1 amide bonds. The number of aryl methyl sites for hydroxylation is 1. The van der Waals surface area contributed by atoms with E-state index >= 15 is 0 Å². The lowest BCUT2D eigenvalue weighted by atomic mass is 9.92. The molecular formula is C14H18INO2. The van der Waals surface area contributed by atoms with Crippen LogP contribution in [0.4, 0.5) is 0 Å². The number of aliphatic hydroxyl groups is 1. The molecule has 2 rings (SSSR count). The molecule has 2 atom stereocenters. The Morgan fingerprint density at radius 3 is 2.83 bits per heavy atom. The largest absolute Gasteiger partial charge is 0.391 e. The average Bonchev–Trinajstić information content (AvgIpc) is 2.35. The smallest absolute Gasteiger partial charge is 0.252 e. The normalized spacial score (nSPS) is 23.7. The van der Waals surface area contributed by atoms with E-state index in [9.17, 15) is 9.90 Å². The number of rotatable bonds is 2. The van der Waals surface area contributed by atoms with Crippen LogP contribution in [0.15, 0.2) is 18.2 Å². The van der Waals surface area contributed by atoms with Crippen molar-refractivity contribution in [3.8, 4) is 0 Å². The molecule has 3 nitrogen and oxygen atoms in total. The Morgan fingerprint density at radius 2 is 2.11 bits per heavy atom. The van der Waals surface area contributed by atoms with Gasteiger partial charge in [-0.05, 0) is 54.0 Å². The molecule has 2 N–H and O–H groups in total. The Hall–Kier alpha value is -0.620. The summed E-state index contributed by atoms with van der Waals surface area (Å²) < 4.78 is 0.984. The Bertz CT molecular complexity index is 447. The minimum absolute atomic E-state index is 0.0750. The summed E-state index contributed by atoms with van der Waals surface area (Å²) in [6.45, 7) is 1.99.